The van der Waals surface area contributed by atoms with Crippen LogP contribution in [-0.2, 0) is 4.79 Å². The summed E-state index contributed by atoms with van der Waals surface area (Å²) < 4.78 is 0. The number of phenols is 1. The van der Waals surface area contributed by atoms with E-state index in [1.807, 2.05) is 0 Å². The molecule has 12 heavy (non-hydrogen) atoms. The minimum atomic E-state index is -0.168. The third-order valence-corrected chi connectivity index (χ3v) is 2.10. The Hall–Kier alpha value is -0.960. The number of aldehydes is 1. The summed E-state index contributed by atoms with van der Waals surface area (Å²) in [5, 5.41) is 9.05. The molecule has 0 aromatic heterocycles. The molecule has 0 spiro atoms. The van der Waals surface area contributed by atoms with Gasteiger partial charge in [0.25, 0.3) is 0 Å². The van der Waals surface area contributed by atoms with Crippen molar-refractivity contribution < 1.29 is 9.90 Å². The lowest BCUT2D eigenvalue weighted by molar-refractivity contribution is -0.108. The van der Waals surface area contributed by atoms with Gasteiger partial charge in [-0.3, -0.25) is 0 Å². The molecular formula is C9H10O2S. The van der Waals surface area contributed by atoms with Crippen LogP contribution in [0.3, 0.4) is 0 Å². The lowest BCUT2D eigenvalue weighted by Gasteiger charge is -2.07. The van der Waals surface area contributed by atoms with Crippen LogP contribution in [0.1, 0.15) is 18.4 Å². The first kappa shape index (κ1) is 9.13. The van der Waals surface area contributed by atoms with Gasteiger partial charge in [-0.2, -0.15) is 0 Å². The molecule has 2 nitrogen and oxygen atoms in total. The van der Waals surface area contributed by atoms with Crippen molar-refractivity contribution in [2.24, 2.45) is 0 Å². The predicted octanol–water partition coefficient (Wildman–Crippen LogP) is 1.98. The first-order valence-corrected chi connectivity index (χ1v) is 4.07. The van der Waals surface area contributed by atoms with Gasteiger partial charge in [-0.05, 0) is 17.7 Å². The van der Waals surface area contributed by atoms with E-state index < -0.39 is 0 Å². The second kappa shape index (κ2) is 3.63. The Morgan fingerprint density at radius 2 is 2.25 bits per heavy atom. The van der Waals surface area contributed by atoms with E-state index in [1.54, 1.807) is 19.1 Å². The van der Waals surface area contributed by atoms with Crippen LogP contribution < -0.4 is 0 Å². The van der Waals surface area contributed by atoms with Gasteiger partial charge < -0.3 is 9.90 Å². The normalized spacial score (nSPS) is 12.5. The van der Waals surface area contributed by atoms with Gasteiger partial charge in [-0.25, -0.2) is 0 Å². The molecule has 64 valence electrons. The maximum absolute atomic E-state index is 10.4. The Labute approximate surface area is 76.6 Å². The van der Waals surface area contributed by atoms with Crippen molar-refractivity contribution >= 4 is 18.9 Å². The van der Waals surface area contributed by atoms with Gasteiger partial charge in [0, 0.05) is 10.8 Å². The second-order valence-corrected chi connectivity index (χ2v) is 3.15. The molecule has 0 heterocycles. The van der Waals surface area contributed by atoms with E-state index in [2.05, 4.69) is 12.6 Å². The van der Waals surface area contributed by atoms with Crippen molar-refractivity contribution in [3.63, 3.8) is 0 Å². The fraction of sp³-hybridized carbons (Fsp3) is 0.222. The number of aromatic hydroxyl groups is 1. The summed E-state index contributed by atoms with van der Waals surface area (Å²) in [6.45, 7) is 1.79. The molecule has 1 rings (SSSR count). The smallest absolute Gasteiger partial charge is 0.127 e. The van der Waals surface area contributed by atoms with Gasteiger partial charge in [0.2, 0.25) is 0 Å². The summed E-state index contributed by atoms with van der Waals surface area (Å²) in [4.78, 5) is 11.1. The lowest BCUT2D eigenvalue weighted by Crippen LogP contribution is -1.95. The zero-order chi connectivity index (χ0) is 9.14. The molecule has 0 aliphatic heterocycles. The number of hydrogen-bond acceptors (Lipinski definition) is 3. The standard InChI is InChI=1S/C9H10O2S/c1-6(5-10)8-3-2-7(11)4-9(8)12/h2-6,11-12H,1H3. The first-order valence-electron chi connectivity index (χ1n) is 3.62. The van der Waals surface area contributed by atoms with E-state index in [0.717, 1.165) is 11.8 Å². The molecule has 0 radical (unpaired) electrons. The molecule has 0 aliphatic rings. The molecule has 0 amide bonds. The minimum Gasteiger partial charge on any atom is -0.508 e. The highest BCUT2D eigenvalue weighted by Gasteiger charge is 2.07. The van der Waals surface area contributed by atoms with Crippen molar-refractivity contribution in [3.05, 3.63) is 23.8 Å². The van der Waals surface area contributed by atoms with Crippen molar-refractivity contribution in [2.45, 2.75) is 17.7 Å². The highest BCUT2D eigenvalue weighted by atomic mass is 32.1. The molecule has 1 aromatic rings. The van der Waals surface area contributed by atoms with Crippen molar-refractivity contribution in [1.82, 2.24) is 0 Å². The Morgan fingerprint density at radius 1 is 1.58 bits per heavy atom. The molecule has 0 fully saturated rings. The number of carbonyl (C=O) groups is 1. The maximum Gasteiger partial charge on any atom is 0.127 e. The van der Waals surface area contributed by atoms with Gasteiger partial charge in [-0.15, -0.1) is 12.6 Å². The number of rotatable bonds is 2. The number of benzene rings is 1. The summed E-state index contributed by atoms with van der Waals surface area (Å²) in [5.74, 6) is -0.0000472. The van der Waals surface area contributed by atoms with Crippen LogP contribution in [0.15, 0.2) is 23.1 Å². The molecule has 0 aliphatic carbocycles. The third kappa shape index (κ3) is 1.80. The summed E-state index contributed by atoms with van der Waals surface area (Å²) in [5.41, 5.74) is 0.839. The number of thiol groups is 1. The van der Waals surface area contributed by atoms with Gasteiger partial charge in [0.15, 0.2) is 0 Å². The summed E-state index contributed by atoms with van der Waals surface area (Å²) in [6.07, 6.45) is 0.853. The third-order valence-electron chi connectivity index (χ3n) is 1.71. The van der Waals surface area contributed by atoms with E-state index in [4.69, 9.17) is 5.11 Å². The summed E-state index contributed by atoms with van der Waals surface area (Å²) >= 11 is 4.14. The van der Waals surface area contributed by atoms with Crippen LogP contribution in [0.5, 0.6) is 5.75 Å². The predicted molar refractivity (Wildman–Crippen MR) is 49.8 cm³/mol. The van der Waals surface area contributed by atoms with Gasteiger partial charge in [-0.1, -0.05) is 13.0 Å². The number of phenolic OH excluding ortho intramolecular Hbond substituents is 1. The minimum absolute atomic E-state index is 0.168. The van der Waals surface area contributed by atoms with Crippen LogP contribution in [0, 0.1) is 0 Å². The molecule has 1 atom stereocenters. The van der Waals surface area contributed by atoms with Crippen LogP contribution in [0.4, 0.5) is 0 Å². The van der Waals surface area contributed by atoms with Crippen molar-refractivity contribution in [1.29, 1.82) is 0 Å². The SMILES string of the molecule is CC(C=O)c1ccc(O)cc1S. The fourth-order valence-electron chi connectivity index (χ4n) is 0.990. The van der Waals surface area contributed by atoms with E-state index in [-0.39, 0.29) is 11.7 Å². The Balaban J connectivity index is 3.09. The quantitative estimate of drug-likeness (QED) is 0.542. The van der Waals surface area contributed by atoms with Crippen LogP contribution in [-0.4, -0.2) is 11.4 Å². The monoisotopic (exact) mass is 182 g/mol. The van der Waals surface area contributed by atoms with Gasteiger partial charge in [0.1, 0.15) is 12.0 Å². The van der Waals surface area contributed by atoms with Crippen LogP contribution in [0.25, 0.3) is 0 Å². The molecule has 1 N–H and O–H groups in total. The van der Waals surface area contributed by atoms with E-state index in [9.17, 15) is 4.79 Å². The average Bonchev–Trinajstić information content (AvgIpc) is 2.03. The Morgan fingerprint density at radius 3 is 2.75 bits per heavy atom. The summed E-state index contributed by atoms with van der Waals surface area (Å²) in [6, 6.07) is 4.78. The maximum atomic E-state index is 10.4. The Bertz CT molecular complexity index is 297. The highest BCUT2D eigenvalue weighted by Crippen LogP contribution is 2.25. The van der Waals surface area contributed by atoms with Crippen LogP contribution >= 0.6 is 12.6 Å². The number of carbonyl (C=O) groups excluding carboxylic acids is 1. The Kier molecular flexibility index (Phi) is 2.76. The molecule has 3 heteroatoms. The van der Waals surface area contributed by atoms with Crippen LogP contribution in [0.2, 0.25) is 0 Å². The zero-order valence-electron chi connectivity index (χ0n) is 6.69. The summed E-state index contributed by atoms with van der Waals surface area (Å²) in [7, 11) is 0. The molecule has 1 unspecified atom stereocenters. The molecular weight excluding hydrogens is 172 g/mol. The largest absolute Gasteiger partial charge is 0.508 e. The van der Waals surface area contributed by atoms with Crippen molar-refractivity contribution in [2.75, 3.05) is 0 Å². The molecule has 0 saturated heterocycles. The van der Waals surface area contributed by atoms with E-state index >= 15 is 0 Å². The fourth-order valence-corrected chi connectivity index (χ4v) is 1.40. The van der Waals surface area contributed by atoms with E-state index in [0.29, 0.717) is 4.90 Å². The average molecular weight is 182 g/mol. The molecule has 0 saturated carbocycles. The highest BCUT2D eigenvalue weighted by molar-refractivity contribution is 7.80. The van der Waals surface area contributed by atoms with E-state index in [1.165, 1.54) is 6.07 Å². The van der Waals surface area contributed by atoms with Gasteiger partial charge in [0.05, 0.1) is 0 Å². The zero-order valence-corrected chi connectivity index (χ0v) is 7.58. The first-order chi connectivity index (χ1) is 5.65. The van der Waals surface area contributed by atoms with Crippen molar-refractivity contribution in [3.8, 4) is 5.75 Å². The topological polar surface area (TPSA) is 37.3 Å². The molecule has 0 bridgehead atoms. The lowest BCUT2D eigenvalue weighted by atomic mass is 10.0. The number of hydrogen-bond donors (Lipinski definition) is 2. The molecule has 1 aromatic carbocycles. The second-order valence-electron chi connectivity index (χ2n) is 2.67. The van der Waals surface area contributed by atoms with Gasteiger partial charge >= 0.3 is 0 Å².